The van der Waals surface area contributed by atoms with E-state index >= 15 is 0 Å². The number of aromatic nitrogens is 4. The molecule has 0 radical (unpaired) electrons. The van der Waals surface area contributed by atoms with Gasteiger partial charge in [0.15, 0.2) is 0 Å². The van der Waals surface area contributed by atoms with E-state index in [1.54, 1.807) is 6.92 Å². The topological polar surface area (TPSA) is 94.1 Å². The molecule has 3 N–H and O–H groups in total. The average Bonchev–Trinajstić information content (AvgIpc) is 3.00. The van der Waals surface area contributed by atoms with E-state index in [-0.39, 0.29) is 35.8 Å². The van der Waals surface area contributed by atoms with E-state index in [1.165, 1.54) is 4.68 Å². The van der Waals surface area contributed by atoms with Crippen molar-refractivity contribution >= 4 is 23.4 Å². The van der Waals surface area contributed by atoms with Gasteiger partial charge in [-0.15, -0.1) is 0 Å². The highest BCUT2D eigenvalue weighted by Gasteiger charge is 2.41. The number of nitrogens with one attached hydrogen (secondary N) is 1. The normalized spacial score (nSPS) is 23.0. The lowest BCUT2D eigenvalue weighted by Gasteiger charge is -2.42. The van der Waals surface area contributed by atoms with Crippen LogP contribution in [0.3, 0.4) is 0 Å². The molecule has 31 heavy (non-hydrogen) atoms. The van der Waals surface area contributed by atoms with Crippen LogP contribution in [0, 0.1) is 0 Å². The molecule has 2 fully saturated rings. The van der Waals surface area contributed by atoms with Crippen LogP contribution in [0.2, 0.25) is 5.15 Å². The molecule has 0 amide bonds. The van der Waals surface area contributed by atoms with Crippen molar-refractivity contribution in [1.29, 1.82) is 0 Å². The number of hydrogen-bond acceptors (Lipinski definition) is 7. The molecule has 0 saturated carbocycles. The predicted molar refractivity (Wildman–Crippen MR) is 107 cm³/mol. The van der Waals surface area contributed by atoms with Crippen LogP contribution in [0.15, 0.2) is 6.20 Å². The van der Waals surface area contributed by atoms with E-state index in [1.807, 2.05) is 4.90 Å². The number of rotatable bonds is 5. The number of piperidine rings is 1. The molecule has 4 rings (SSSR count). The quantitative estimate of drug-likeness (QED) is 0.658. The summed E-state index contributed by atoms with van der Waals surface area (Å²) in [6.07, 6.45) is -4.48. The van der Waals surface area contributed by atoms with E-state index in [4.69, 9.17) is 22.1 Å². The summed E-state index contributed by atoms with van der Waals surface area (Å²) in [6.45, 7) is 3.78. The number of likely N-dealkylation sites (tertiary alicyclic amines) is 1. The van der Waals surface area contributed by atoms with Gasteiger partial charge < -0.3 is 15.8 Å². The van der Waals surface area contributed by atoms with Crippen molar-refractivity contribution < 1.29 is 22.3 Å². The summed E-state index contributed by atoms with van der Waals surface area (Å²) in [4.78, 5) is 9.49. The van der Waals surface area contributed by atoms with E-state index in [2.05, 4.69) is 20.4 Å². The standard InChI is InChI=1S/C18H22ClF4N7O/c1-2-25-16-13(18(21,22)23)14(27-17(24)28-16)10-5-26-30(15(10)19)12-3-4-29(6-11(12)20)9-7-31-8-9/h5,9,11-12H,2-4,6-8H2,1H3,(H3,24,25,27,28). The molecular weight excluding hydrogens is 442 g/mol. The summed E-state index contributed by atoms with van der Waals surface area (Å²) >= 11 is 6.41. The Morgan fingerprint density at radius 2 is 2.06 bits per heavy atom. The molecule has 0 aromatic carbocycles. The Morgan fingerprint density at radius 3 is 2.65 bits per heavy atom. The second-order valence-corrected chi connectivity index (χ2v) is 7.89. The maximum Gasteiger partial charge on any atom is 0.422 e. The van der Waals surface area contributed by atoms with Crippen LogP contribution in [0.4, 0.5) is 29.3 Å². The monoisotopic (exact) mass is 463 g/mol. The van der Waals surface area contributed by atoms with Gasteiger partial charge in [0.05, 0.1) is 42.8 Å². The van der Waals surface area contributed by atoms with Gasteiger partial charge in [0.1, 0.15) is 22.7 Å². The lowest BCUT2D eigenvalue weighted by molar-refractivity contribution is -0.136. The summed E-state index contributed by atoms with van der Waals surface area (Å²) < 4.78 is 62.9. The molecule has 2 aliphatic heterocycles. The molecule has 2 aliphatic rings. The van der Waals surface area contributed by atoms with Gasteiger partial charge in [0.25, 0.3) is 0 Å². The van der Waals surface area contributed by atoms with Crippen LogP contribution >= 0.6 is 11.6 Å². The van der Waals surface area contributed by atoms with Gasteiger partial charge in [0.2, 0.25) is 5.95 Å². The Labute approximate surface area is 180 Å². The molecule has 0 spiro atoms. The zero-order valence-electron chi connectivity index (χ0n) is 16.7. The highest BCUT2D eigenvalue weighted by Crippen LogP contribution is 2.43. The van der Waals surface area contributed by atoms with E-state index in [9.17, 15) is 17.6 Å². The highest BCUT2D eigenvalue weighted by atomic mass is 35.5. The van der Waals surface area contributed by atoms with Crippen molar-refractivity contribution in [3.05, 3.63) is 16.9 Å². The lowest BCUT2D eigenvalue weighted by atomic mass is 10.0. The van der Waals surface area contributed by atoms with Crippen molar-refractivity contribution in [2.45, 2.75) is 37.8 Å². The number of alkyl halides is 4. The second-order valence-electron chi connectivity index (χ2n) is 7.53. The van der Waals surface area contributed by atoms with Crippen molar-refractivity contribution in [2.24, 2.45) is 0 Å². The number of ether oxygens (including phenoxy) is 1. The van der Waals surface area contributed by atoms with Crippen LogP contribution in [0.5, 0.6) is 0 Å². The molecular formula is C18H22ClF4N7O. The first-order valence-corrected chi connectivity index (χ1v) is 10.3. The van der Waals surface area contributed by atoms with Crippen LogP contribution in [-0.4, -0.2) is 69.7 Å². The zero-order valence-corrected chi connectivity index (χ0v) is 17.4. The second kappa shape index (κ2) is 8.40. The first-order valence-electron chi connectivity index (χ1n) is 9.88. The van der Waals surface area contributed by atoms with Crippen LogP contribution in [-0.2, 0) is 10.9 Å². The molecule has 170 valence electrons. The van der Waals surface area contributed by atoms with Gasteiger partial charge in [0, 0.05) is 19.6 Å². The molecule has 2 unspecified atom stereocenters. The number of nitrogens with two attached hydrogens (primary N) is 1. The van der Waals surface area contributed by atoms with E-state index in [0.29, 0.717) is 26.2 Å². The van der Waals surface area contributed by atoms with Gasteiger partial charge in [-0.05, 0) is 13.3 Å². The fraction of sp³-hybridized carbons (Fsp3) is 0.611. The zero-order chi connectivity index (χ0) is 22.3. The maximum atomic E-state index is 15.0. The number of nitrogens with zero attached hydrogens (tertiary/aromatic N) is 5. The van der Waals surface area contributed by atoms with Gasteiger partial charge >= 0.3 is 6.18 Å². The Bertz CT molecular complexity index is 950. The number of nitrogen functional groups attached to an aromatic ring is 1. The molecule has 2 aromatic heterocycles. The largest absolute Gasteiger partial charge is 0.422 e. The third kappa shape index (κ3) is 4.15. The summed E-state index contributed by atoms with van der Waals surface area (Å²) in [5.74, 6) is -0.789. The third-order valence-corrected chi connectivity index (χ3v) is 5.91. The average molecular weight is 464 g/mol. The van der Waals surface area contributed by atoms with Crippen molar-refractivity contribution in [2.75, 3.05) is 43.9 Å². The van der Waals surface area contributed by atoms with Crippen LogP contribution in [0.25, 0.3) is 11.3 Å². The van der Waals surface area contributed by atoms with Crippen molar-refractivity contribution in [3.63, 3.8) is 0 Å². The summed E-state index contributed by atoms with van der Waals surface area (Å²) in [5.41, 5.74) is 3.98. The van der Waals surface area contributed by atoms with Gasteiger partial charge in [-0.2, -0.15) is 23.3 Å². The van der Waals surface area contributed by atoms with E-state index in [0.717, 1.165) is 6.20 Å². The molecule has 0 aliphatic carbocycles. The van der Waals surface area contributed by atoms with Crippen LogP contribution < -0.4 is 11.1 Å². The Hall–Kier alpha value is -2.18. The minimum Gasteiger partial charge on any atom is -0.378 e. The summed E-state index contributed by atoms with van der Waals surface area (Å²) in [5, 5.41) is 6.55. The lowest BCUT2D eigenvalue weighted by Crippen LogP contribution is -2.55. The highest BCUT2D eigenvalue weighted by molar-refractivity contribution is 6.32. The summed E-state index contributed by atoms with van der Waals surface area (Å²) in [7, 11) is 0. The first kappa shape index (κ1) is 22.0. The van der Waals surface area contributed by atoms with Crippen molar-refractivity contribution in [3.8, 4) is 11.3 Å². The third-order valence-electron chi connectivity index (χ3n) is 5.53. The fourth-order valence-electron chi connectivity index (χ4n) is 3.93. The maximum absolute atomic E-state index is 15.0. The minimum atomic E-state index is -4.77. The molecule has 13 heteroatoms. The minimum absolute atomic E-state index is 0.0794. The molecule has 2 saturated heterocycles. The Morgan fingerprint density at radius 1 is 1.32 bits per heavy atom. The van der Waals surface area contributed by atoms with Gasteiger partial charge in [-0.25, -0.2) is 14.1 Å². The SMILES string of the molecule is CCNc1nc(N)nc(-c2cnn(C3CCN(C4COC4)CC3F)c2Cl)c1C(F)(F)F. The smallest absolute Gasteiger partial charge is 0.378 e. The van der Waals surface area contributed by atoms with Crippen LogP contribution in [0.1, 0.15) is 24.9 Å². The first-order chi connectivity index (χ1) is 14.7. The fourth-order valence-corrected chi connectivity index (χ4v) is 4.24. The number of halogens is 5. The van der Waals surface area contributed by atoms with Gasteiger partial charge in [-0.3, -0.25) is 4.90 Å². The Balaban J connectivity index is 1.69. The number of hydrogen-bond donors (Lipinski definition) is 2. The molecule has 2 aromatic rings. The van der Waals surface area contributed by atoms with E-state index < -0.39 is 35.5 Å². The summed E-state index contributed by atoms with van der Waals surface area (Å²) in [6, 6.07) is -0.495. The Kier molecular flexibility index (Phi) is 5.97. The van der Waals surface area contributed by atoms with Crippen molar-refractivity contribution in [1.82, 2.24) is 24.6 Å². The molecule has 4 heterocycles. The predicted octanol–water partition coefficient (Wildman–Crippen LogP) is 3.01. The van der Waals surface area contributed by atoms with Gasteiger partial charge in [-0.1, -0.05) is 11.6 Å². The molecule has 2 atom stereocenters. The molecule has 0 bridgehead atoms. The molecule has 8 nitrogen and oxygen atoms in total. The number of anilines is 2.